The normalized spacial score (nSPS) is 16.8. The molecule has 0 spiro atoms. The van der Waals surface area contributed by atoms with Gasteiger partial charge < -0.3 is 5.73 Å². The minimum atomic E-state index is -4.07. The Morgan fingerprint density at radius 2 is 2.00 bits per heavy atom. The second-order valence-electron chi connectivity index (χ2n) is 4.38. The van der Waals surface area contributed by atoms with Crippen molar-refractivity contribution in [3.8, 4) is 0 Å². The topological polar surface area (TPSA) is 72.2 Å². The van der Waals surface area contributed by atoms with Crippen molar-refractivity contribution in [2.24, 2.45) is 11.7 Å². The summed E-state index contributed by atoms with van der Waals surface area (Å²) >= 11 is 0. The van der Waals surface area contributed by atoms with E-state index in [9.17, 15) is 17.2 Å². The van der Waals surface area contributed by atoms with Gasteiger partial charge in [-0.3, -0.25) is 0 Å². The van der Waals surface area contributed by atoms with E-state index < -0.39 is 32.6 Å². The van der Waals surface area contributed by atoms with Crippen LogP contribution in [-0.2, 0) is 10.0 Å². The van der Waals surface area contributed by atoms with Gasteiger partial charge in [-0.25, -0.2) is 21.9 Å². The summed E-state index contributed by atoms with van der Waals surface area (Å²) in [5, 5.41) is 0. The molecule has 0 saturated heterocycles. The van der Waals surface area contributed by atoms with Crippen molar-refractivity contribution in [3.63, 3.8) is 0 Å². The van der Waals surface area contributed by atoms with Crippen LogP contribution in [0.25, 0.3) is 0 Å². The molecule has 8 heteroatoms. The van der Waals surface area contributed by atoms with Gasteiger partial charge in [-0.15, -0.1) is 12.4 Å². The Morgan fingerprint density at radius 1 is 1.37 bits per heavy atom. The molecule has 0 aromatic heterocycles. The monoisotopic (exact) mass is 312 g/mol. The lowest BCUT2D eigenvalue weighted by molar-refractivity contribution is 0.508. The van der Waals surface area contributed by atoms with Gasteiger partial charge in [0.25, 0.3) is 0 Å². The summed E-state index contributed by atoms with van der Waals surface area (Å²) in [5.41, 5.74) is 5.47. The predicted octanol–water partition coefficient (Wildman–Crippen LogP) is 1.40. The minimum absolute atomic E-state index is 0. The van der Waals surface area contributed by atoms with Crippen LogP contribution in [0.3, 0.4) is 0 Å². The van der Waals surface area contributed by atoms with E-state index in [-0.39, 0.29) is 24.9 Å². The Hall–Kier alpha value is -0.760. The zero-order valence-electron chi connectivity index (χ0n) is 9.97. The fourth-order valence-corrected chi connectivity index (χ4v) is 3.19. The maximum Gasteiger partial charge on any atom is 0.243 e. The van der Waals surface area contributed by atoms with Gasteiger partial charge in [0.2, 0.25) is 10.0 Å². The van der Waals surface area contributed by atoms with E-state index in [0.29, 0.717) is 6.07 Å². The molecule has 0 bridgehead atoms. The molecular weight excluding hydrogens is 298 g/mol. The second kappa shape index (κ2) is 6.13. The van der Waals surface area contributed by atoms with Gasteiger partial charge in [0.05, 0.1) is 0 Å². The van der Waals surface area contributed by atoms with E-state index in [0.717, 1.165) is 25.0 Å². The van der Waals surface area contributed by atoms with Gasteiger partial charge in [0.1, 0.15) is 16.5 Å². The van der Waals surface area contributed by atoms with E-state index in [1.165, 1.54) is 0 Å². The van der Waals surface area contributed by atoms with E-state index in [4.69, 9.17) is 5.73 Å². The lowest BCUT2D eigenvalue weighted by Gasteiger charge is -2.16. The van der Waals surface area contributed by atoms with Crippen LogP contribution < -0.4 is 10.5 Å². The average molecular weight is 313 g/mol. The maximum atomic E-state index is 13.4. The Balaban J connectivity index is 0.00000180. The number of sulfonamides is 1. The summed E-state index contributed by atoms with van der Waals surface area (Å²) in [6.07, 6.45) is 1.80. The molecule has 1 unspecified atom stereocenters. The number of rotatable bonds is 5. The molecule has 1 atom stereocenters. The lowest BCUT2D eigenvalue weighted by atomic mass is 10.2. The molecule has 1 aromatic carbocycles. The van der Waals surface area contributed by atoms with Crippen LogP contribution >= 0.6 is 12.4 Å². The molecule has 1 saturated carbocycles. The zero-order chi connectivity index (χ0) is 13.3. The zero-order valence-corrected chi connectivity index (χ0v) is 11.6. The summed E-state index contributed by atoms with van der Waals surface area (Å²) in [6.45, 7) is 0.140. The fraction of sp³-hybridized carbons (Fsp3) is 0.455. The first-order valence-electron chi connectivity index (χ1n) is 5.61. The number of nitrogens with one attached hydrogen (secondary N) is 1. The van der Waals surface area contributed by atoms with Crippen LogP contribution in [-0.4, -0.2) is 21.0 Å². The number of hydrogen-bond donors (Lipinski definition) is 2. The molecule has 1 fully saturated rings. The highest BCUT2D eigenvalue weighted by Crippen LogP contribution is 2.33. The quantitative estimate of drug-likeness (QED) is 0.863. The van der Waals surface area contributed by atoms with Gasteiger partial charge in [-0.1, -0.05) is 0 Å². The summed E-state index contributed by atoms with van der Waals surface area (Å²) < 4.78 is 52.6. The molecule has 108 valence electrons. The van der Waals surface area contributed by atoms with Gasteiger partial charge in [0, 0.05) is 12.6 Å². The highest BCUT2D eigenvalue weighted by Gasteiger charge is 2.34. The van der Waals surface area contributed by atoms with Crippen molar-refractivity contribution in [1.29, 1.82) is 0 Å². The minimum Gasteiger partial charge on any atom is -0.329 e. The van der Waals surface area contributed by atoms with Crippen molar-refractivity contribution in [3.05, 3.63) is 29.8 Å². The molecular formula is C11H15ClF2N2O2S. The van der Waals surface area contributed by atoms with Crippen molar-refractivity contribution < 1.29 is 17.2 Å². The van der Waals surface area contributed by atoms with E-state index in [1.807, 2.05) is 0 Å². The molecule has 19 heavy (non-hydrogen) atoms. The number of benzene rings is 1. The molecule has 4 nitrogen and oxygen atoms in total. The number of halogens is 3. The van der Waals surface area contributed by atoms with Crippen molar-refractivity contribution >= 4 is 22.4 Å². The largest absolute Gasteiger partial charge is 0.329 e. The van der Waals surface area contributed by atoms with Gasteiger partial charge in [0.15, 0.2) is 0 Å². The van der Waals surface area contributed by atoms with E-state index >= 15 is 0 Å². The highest BCUT2D eigenvalue weighted by molar-refractivity contribution is 7.89. The third kappa shape index (κ3) is 3.85. The fourth-order valence-electron chi connectivity index (χ4n) is 1.78. The molecule has 1 aliphatic carbocycles. The molecule has 3 N–H and O–H groups in total. The third-order valence-electron chi connectivity index (χ3n) is 2.93. The highest BCUT2D eigenvalue weighted by atomic mass is 35.5. The van der Waals surface area contributed by atoms with Crippen LogP contribution in [0.2, 0.25) is 0 Å². The molecule has 2 rings (SSSR count). The summed E-state index contributed by atoms with van der Waals surface area (Å²) in [7, 11) is -4.07. The van der Waals surface area contributed by atoms with Crippen molar-refractivity contribution in [2.45, 2.75) is 23.8 Å². The molecule has 0 radical (unpaired) electrons. The molecule has 0 aliphatic heterocycles. The molecule has 1 aliphatic rings. The molecule has 0 amide bonds. The Labute approximate surface area is 116 Å². The summed E-state index contributed by atoms with van der Waals surface area (Å²) in [4.78, 5) is -0.679. The average Bonchev–Trinajstić information content (AvgIpc) is 3.13. The Morgan fingerprint density at radius 3 is 2.53 bits per heavy atom. The van der Waals surface area contributed by atoms with E-state index in [1.54, 1.807) is 0 Å². The third-order valence-corrected chi connectivity index (χ3v) is 4.44. The Kier molecular flexibility index (Phi) is 5.26. The van der Waals surface area contributed by atoms with Crippen LogP contribution in [0.15, 0.2) is 23.1 Å². The van der Waals surface area contributed by atoms with Gasteiger partial charge in [-0.05, 0) is 37.0 Å². The van der Waals surface area contributed by atoms with Crippen LogP contribution in [0.5, 0.6) is 0 Å². The summed E-state index contributed by atoms with van der Waals surface area (Å²) in [5.74, 6) is -1.58. The van der Waals surface area contributed by atoms with Crippen molar-refractivity contribution in [2.75, 3.05) is 6.54 Å². The van der Waals surface area contributed by atoms with Crippen LogP contribution in [0, 0.1) is 17.6 Å². The number of hydrogen-bond acceptors (Lipinski definition) is 3. The first-order valence-corrected chi connectivity index (χ1v) is 7.10. The van der Waals surface area contributed by atoms with Crippen LogP contribution in [0.4, 0.5) is 8.78 Å². The van der Waals surface area contributed by atoms with Crippen molar-refractivity contribution in [1.82, 2.24) is 4.72 Å². The smallest absolute Gasteiger partial charge is 0.243 e. The SMILES string of the molecule is Cl.NCC(NS(=O)(=O)c1cc(F)ccc1F)C1CC1. The first kappa shape index (κ1) is 16.3. The number of nitrogens with two attached hydrogens (primary N) is 1. The predicted molar refractivity (Wildman–Crippen MR) is 69.5 cm³/mol. The van der Waals surface area contributed by atoms with Crippen LogP contribution in [0.1, 0.15) is 12.8 Å². The van der Waals surface area contributed by atoms with Gasteiger partial charge in [-0.2, -0.15) is 0 Å². The van der Waals surface area contributed by atoms with E-state index in [2.05, 4.69) is 4.72 Å². The lowest BCUT2D eigenvalue weighted by Crippen LogP contribution is -2.41. The molecule has 1 aromatic rings. The molecule has 0 heterocycles. The second-order valence-corrected chi connectivity index (χ2v) is 6.06. The standard InChI is InChI=1S/C11H14F2N2O2S.ClH/c12-8-3-4-9(13)11(5-8)18(16,17)15-10(6-14)7-1-2-7;/h3-5,7,10,15H,1-2,6,14H2;1H. The first-order chi connectivity index (χ1) is 8.44. The maximum absolute atomic E-state index is 13.4. The Bertz CT molecular complexity index is 550. The summed E-state index contributed by atoms with van der Waals surface area (Å²) in [6, 6.07) is 1.91. The van der Waals surface area contributed by atoms with Gasteiger partial charge >= 0.3 is 0 Å².